The maximum atomic E-state index is 5.98. The highest BCUT2D eigenvalue weighted by molar-refractivity contribution is 5.16. The molecular formula is C17H26N2O. The van der Waals surface area contributed by atoms with E-state index in [-0.39, 0.29) is 0 Å². The first-order chi connectivity index (χ1) is 9.76. The van der Waals surface area contributed by atoms with Crippen molar-refractivity contribution in [3.05, 3.63) is 30.1 Å². The highest BCUT2D eigenvalue weighted by atomic mass is 16.5. The summed E-state index contributed by atoms with van der Waals surface area (Å²) in [5.74, 6) is 0. The van der Waals surface area contributed by atoms with Gasteiger partial charge in [-0.2, -0.15) is 0 Å². The molecule has 1 aromatic heterocycles. The minimum atomic E-state index is 0.369. The third kappa shape index (κ3) is 2.38. The van der Waals surface area contributed by atoms with Crippen molar-refractivity contribution < 1.29 is 4.74 Å². The van der Waals surface area contributed by atoms with Gasteiger partial charge in [-0.15, -0.1) is 0 Å². The van der Waals surface area contributed by atoms with Crippen LogP contribution in [0.4, 0.5) is 0 Å². The Hall–Kier alpha value is -0.930. The average Bonchev–Trinajstić information content (AvgIpc) is 2.99. The zero-order valence-electron chi connectivity index (χ0n) is 12.6. The quantitative estimate of drug-likeness (QED) is 0.892. The second-order valence-electron chi connectivity index (χ2n) is 6.35. The van der Waals surface area contributed by atoms with E-state index in [1.165, 1.54) is 37.7 Å². The van der Waals surface area contributed by atoms with E-state index in [1.54, 1.807) is 0 Å². The molecule has 1 aromatic rings. The summed E-state index contributed by atoms with van der Waals surface area (Å²) in [4.78, 5) is 4.23. The van der Waals surface area contributed by atoms with Crippen LogP contribution in [0.15, 0.2) is 24.5 Å². The van der Waals surface area contributed by atoms with Gasteiger partial charge in [-0.3, -0.25) is 4.98 Å². The van der Waals surface area contributed by atoms with E-state index < -0.39 is 0 Å². The standard InChI is InChI=1S/C17H26N2O/c1-3-20-16-11-15(17(16)8-4-5-9-17)19-13(2)14-7-6-10-18-12-14/h6-7,10,12-13,15-16,19H,3-5,8-9,11H2,1-2H3/t13-,15?,16?/m1/s1. The second-order valence-corrected chi connectivity index (χ2v) is 6.35. The lowest BCUT2D eigenvalue weighted by Gasteiger charge is -2.55. The number of rotatable bonds is 5. The normalized spacial score (nSPS) is 29.3. The molecule has 0 aliphatic heterocycles. The molecule has 3 rings (SSSR count). The summed E-state index contributed by atoms with van der Waals surface area (Å²) in [6, 6.07) is 5.15. The van der Waals surface area contributed by atoms with Crippen molar-refractivity contribution in [2.45, 2.75) is 64.1 Å². The Morgan fingerprint density at radius 1 is 1.45 bits per heavy atom. The fourth-order valence-corrected chi connectivity index (χ4v) is 4.15. The molecular weight excluding hydrogens is 248 g/mol. The van der Waals surface area contributed by atoms with Crippen LogP contribution >= 0.6 is 0 Å². The Kier molecular flexibility index (Phi) is 4.08. The fourth-order valence-electron chi connectivity index (χ4n) is 4.15. The van der Waals surface area contributed by atoms with Crippen LogP contribution in [-0.2, 0) is 4.74 Å². The van der Waals surface area contributed by atoms with Gasteiger partial charge in [-0.25, -0.2) is 0 Å². The van der Waals surface area contributed by atoms with Gasteiger partial charge in [-0.1, -0.05) is 18.9 Å². The first-order valence-corrected chi connectivity index (χ1v) is 8.04. The molecule has 2 fully saturated rings. The van der Waals surface area contributed by atoms with Gasteiger partial charge in [0.15, 0.2) is 0 Å². The molecule has 2 unspecified atom stereocenters. The first-order valence-electron chi connectivity index (χ1n) is 8.04. The number of ether oxygens (including phenoxy) is 1. The van der Waals surface area contributed by atoms with E-state index in [0.29, 0.717) is 23.6 Å². The Bertz CT molecular complexity index is 428. The third-order valence-corrected chi connectivity index (χ3v) is 5.32. The van der Waals surface area contributed by atoms with Crippen LogP contribution in [-0.4, -0.2) is 23.7 Å². The van der Waals surface area contributed by atoms with E-state index in [0.717, 1.165) is 6.61 Å². The molecule has 1 spiro atoms. The van der Waals surface area contributed by atoms with Crippen molar-refractivity contribution in [2.75, 3.05) is 6.61 Å². The van der Waals surface area contributed by atoms with Crippen molar-refractivity contribution in [1.82, 2.24) is 10.3 Å². The second kappa shape index (κ2) is 5.82. The Labute approximate surface area is 122 Å². The minimum Gasteiger partial charge on any atom is -0.378 e. The lowest BCUT2D eigenvalue weighted by Crippen LogP contribution is -2.63. The van der Waals surface area contributed by atoms with E-state index >= 15 is 0 Å². The van der Waals surface area contributed by atoms with Crippen molar-refractivity contribution >= 4 is 0 Å². The van der Waals surface area contributed by atoms with Crippen molar-refractivity contribution in [3.63, 3.8) is 0 Å². The molecule has 3 heteroatoms. The largest absolute Gasteiger partial charge is 0.378 e. The number of nitrogens with one attached hydrogen (secondary N) is 1. The molecule has 3 atom stereocenters. The summed E-state index contributed by atoms with van der Waals surface area (Å²) in [5, 5.41) is 3.83. The zero-order chi connectivity index (χ0) is 14.0. The summed E-state index contributed by atoms with van der Waals surface area (Å²) in [7, 11) is 0. The summed E-state index contributed by atoms with van der Waals surface area (Å²) < 4.78 is 5.98. The predicted octanol–water partition coefficient (Wildman–Crippen LogP) is 3.47. The van der Waals surface area contributed by atoms with Gasteiger partial charge >= 0.3 is 0 Å². The molecule has 1 N–H and O–H groups in total. The van der Waals surface area contributed by atoms with Crippen LogP contribution in [0.2, 0.25) is 0 Å². The Balaban J connectivity index is 1.66. The predicted molar refractivity (Wildman–Crippen MR) is 80.5 cm³/mol. The fraction of sp³-hybridized carbons (Fsp3) is 0.706. The van der Waals surface area contributed by atoms with Gasteiger partial charge in [0, 0.05) is 36.5 Å². The van der Waals surface area contributed by atoms with Crippen molar-refractivity contribution in [1.29, 1.82) is 0 Å². The highest BCUT2D eigenvalue weighted by Gasteiger charge is 2.56. The molecule has 3 nitrogen and oxygen atoms in total. The molecule has 2 saturated carbocycles. The molecule has 110 valence electrons. The maximum Gasteiger partial charge on any atom is 0.0661 e. The van der Waals surface area contributed by atoms with Crippen LogP contribution in [0, 0.1) is 5.41 Å². The van der Waals surface area contributed by atoms with Gasteiger partial charge in [0.1, 0.15) is 0 Å². The first kappa shape index (κ1) is 14.0. The smallest absolute Gasteiger partial charge is 0.0661 e. The Morgan fingerprint density at radius 2 is 2.25 bits per heavy atom. The molecule has 2 aliphatic carbocycles. The number of aromatic nitrogens is 1. The van der Waals surface area contributed by atoms with E-state index in [1.807, 2.05) is 18.5 Å². The molecule has 20 heavy (non-hydrogen) atoms. The number of hydrogen-bond acceptors (Lipinski definition) is 3. The van der Waals surface area contributed by atoms with Crippen LogP contribution in [0.5, 0.6) is 0 Å². The molecule has 0 saturated heterocycles. The molecule has 0 bridgehead atoms. The summed E-state index contributed by atoms with van der Waals surface area (Å²) in [5.41, 5.74) is 1.69. The van der Waals surface area contributed by atoms with E-state index in [4.69, 9.17) is 4.74 Å². The number of hydrogen-bond donors (Lipinski definition) is 1. The topological polar surface area (TPSA) is 34.1 Å². The molecule has 1 heterocycles. The van der Waals surface area contributed by atoms with Crippen molar-refractivity contribution in [3.8, 4) is 0 Å². The number of nitrogens with zero attached hydrogens (tertiary/aromatic N) is 1. The van der Waals surface area contributed by atoms with E-state index in [9.17, 15) is 0 Å². The zero-order valence-corrected chi connectivity index (χ0v) is 12.6. The average molecular weight is 274 g/mol. The van der Waals surface area contributed by atoms with Crippen LogP contribution in [0.1, 0.15) is 57.6 Å². The lowest BCUT2D eigenvalue weighted by molar-refractivity contribution is -0.132. The SMILES string of the molecule is CCOC1CC(N[C@H](C)c2cccnc2)C12CCCC2. The van der Waals surface area contributed by atoms with Crippen LogP contribution < -0.4 is 5.32 Å². The van der Waals surface area contributed by atoms with Gasteiger partial charge in [0.2, 0.25) is 0 Å². The number of pyridine rings is 1. The molecule has 0 radical (unpaired) electrons. The van der Waals surface area contributed by atoms with Crippen LogP contribution in [0.25, 0.3) is 0 Å². The molecule has 0 amide bonds. The monoisotopic (exact) mass is 274 g/mol. The lowest BCUT2D eigenvalue weighted by atomic mass is 9.60. The van der Waals surface area contributed by atoms with E-state index in [2.05, 4.69) is 30.2 Å². The van der Waals surface area contributed by atoms with Gasteiger partial charge < -0.3 is 10.1 Å². The summed E-state index contributed by atoms with van der Waals surface area (Å²) in [6.45, 7) is 5.20. The van der Waals surface area contributed by atoms with Gasteiger partial charge in [0.25, 0.3) is 0 Å². The van der Waals surface area contributed by atoms with Crippen molar-refractivity contribution in [2.24, 2.45) is 5.41 Å². The van der Waals surface area contributed by atoms with Gasteiger partial charge in [0.05, 0.1) is 6.10 Å². The maximum absolute atomic E-state index is 5.98. The molecule has 2 aliphatic rings. The summed E-state index contributed by atoms with van der Waals surface area (Å²) >= 11 is 0. The van der Waals surface area contributed by atoms with Crippen LogP contribution in [0.3, 0.4) is 0 Å². The van der Waals surface area contributed by atoms with Gasteiger partial charge in [-0.05, 0) is 44.7 Å². The minimum absolute atomic E-state index is 0.369. The Morgan fingerprint density at radius 3 is 2.90 bits per heavy atom. The summed E-state index contributed by atoms with van der Waals surface area (Å²) in [6.07, 6.45) is 10.8. The third-order valence-electron chi connectivity index (χ3n) is 5.32. The molecule has 0 aromatic carbocycles. The highest BCUT2D eigenvalue weighted by Crippen LogP contribution is 2.55.